The third-order valence-corrected chi connectivity index (χ3v) is 5.75. The highest BCUT2D eigenvalue weighted by molar-refractivity contribution is 6.03. The number of carbonyl (C=O) groups excluding carboxylic acids is 1. The van der Waals surface area contributed by atoms with Crippen molar-refractivity contribution in [1.29, 1.82) is 0 Å². The summed E-state index contributed by atoms with van der Waals surface area (Å²) in [6.07, 6.45) is -1.62. The highest BCUT2D eigenvalue weighted by atomic mass is 19.4. The van der Waals surface area contributed by atoms with Gasteiger partial charge in [0.2, 0.25) is 0 Å². The van der Waals surface area contributed by atoms with Gasteiger partial charge in [0.15, 0.2) is 11.5 Å². The van der Waals surface area contributed by atoms with Crippen LogP contribution in [-0.4, -0.2) is 59.4 Å². The Bertz CT molecular complexity index is 1750. The highest BCUT2D eigenvalue weighted by Gasteiger charge is 2.36. The molecule has 0 fully saturated rings. The number of hydrogen-bond donors (Lipinski definition) is 3. The van der Waals surface area contributed by atoms with Crippen molar-refractivity contribution in [2.24, 2.45) is 0 Å². The first-order valence-corrected chi connectivity index (χ1v) is 11.7. The van der Waals surface area contributed by atoms with E-state index in [1.165, 1.54) is 30.3 Å². The maximum atomic E-state index is 15.1. The molecule has 0 radical (unpaired) electrons. The lowest BCUT2D eigenvalue weighted by Crippen LogP contribution is -2.18. The van der Waals surface area contributed by atoms with E-state index in [1.807, 2.05) is 19.0 Å². The highest BCUT2D eigenvalue weighted by Crippen LogP contribution is 2.31. The number of halogens is 4. The molecular formula is C25H21F4N9O2. The second-order valence-corrected chi connectivity index (χ2v) is 8.97. The van der Waals surface area contributed by atoms with Crippen LogP contribution >= 0.6 is 0 Å². The van der Waals surface area contributed by atoms with Crippen molar-refractivity contribution in [3.8, 4) is 22.8 Å². The van der Waals surface area contributed by atoms with E-state index in [2.05, 4.69) is 30.6 Å². The first-order chi connectivity index (χ1) is 19.0. The Balaban J connectivity index is 1.47. The van der Waals surface area contributed by atoms with Crippen molar-refractivity contribution in [2.45, 2.75) is 12.7 Å². The number of amides is 1. The molecule has 5 aromatic rings. The zero-order chi connectivity index (χ0) is 28.6. The molecule has 2 aromatic carbocycles. The minimum atomic E-state index is -4.85. The summed E-state index contributed by atoms with van der Waals surface area (Å²) >= 11 is 0. The monoisotopic (exact) mass is 555 g/mol. The van der Waals surface area contributed by atoms with Gasteiger partial charge in [-0.15, -0.1) is 0 Å². The number of rotatable bonds is 7. The quantitative estimate of drug-likeness (QED) is 0.263. The molecule has 0 aliphatic heterocycles. The smallest absolute Gasteiger partial charge is 0.318 e. The number of anilines is 1. The Kier molecular flexibility index (Phi) is 6.81. The van der Waals surface area contributed by atoms with Gasteiger partial charge in [-0.05, 0) is 38.4 Å². The van der Waals surface area contributed by atoms with Crippen LogP contribution < -0.4 is 11.0 Å². The predicted molar refractivity (Wildman–Crippen MR) is 136 cm³/mol. The van der Waals surface area contributed by atoms with E-state index in [4.69, 9.17) is 0 Å². The molecule has 3 N–H and O–H groups in total. The fourth-order valence-electron chi connectivity index (χ4n) is 3.98. The van der Waals surface area contributed by atoms with E-state index in [9.17, 15) is 22.8 Å². The lowest BCUT2D eigenvalue weighted by molar-refractivity contribution is -0.141. The Morgan fingerprint density at radius 1 is 1.10 bits per heavy atom. The third-order valence-electron chi connectivity index (χ3n) is 5.75. The molecule has 0 spiro atoms. The fraction of sp³-hybridized carbons (Fsp3) is 0.160. The zero-order valence-corrected chi connectivity index (χ0v) is 21.0. The van der Waals surface area contributed by atoms with Gasteiger partial charge in [-0.1, -0.05) is 12.1 Å². The Hall–Kier alpha value is -5.05. The summed E-state index contributed by atoms with van der Waals surface area (Å²) in [6, 6.07) is 10.5. The van der Waals surface area contributed by atoms with Gasteiger partial charge < -0.3 is 14.8 Å². The summed E-state index contributed by atoms with van der Waals surface area (Å²) in [5.41, 5.74) is -1.76. The van der Waals surface area contributed by atoms with Gasteiger partial charge in [-0.3, -0.25) is 9.78 Å². The minimum Gasteiger partial charge on any atom is -0.318 e. The molecule has 11 nitrogen and oxygen atoms in total. The number of carbonyl (C=O) groups is 1. The van der Waals surface area contributed by atoms with Gasteiger partial charge in [-0.2, -0.15) is 23.4 Å². The molecule has 5 rings (SSSR count). The van der Waals surface area contributed by atoms with Gasteiger partial charge in [-0.25, -0.2) is 23.9 Å². The van der Waals surface area contributed by atoms with Crippen LogP contribution in [-0.2, 0) is 12.7 Å². The Morgan fingerprint density at radius 2 is 1.90 bits per heavy atom. The lowest BCUT2D eigenvalue weighted by atomic mass is 10.2. The van der Waals surface area contributed by atoms with Crippen LogP contribution in [0.2, 0.25) is 0 Å². The maximum absolute atomic E-state index is 15.1. The summed E-state index contributed by atoms with van der Waals surface area (Å²) in [5, 5.41) is 11.9. The molecule has 3 aromatic heterocycles. The van der Waals surface area contributed by atoms with E-state index in [0.29, 0.717) is 29.7 Å². The molecule has 0 atom stereocenters. The number of nitrogens with one attached hydrogen (secondary N) is 3. The fourth-order valence-corrected chi connectivity index (χ4v) is 3.98. The van der Waals surface area contributed by atoms with E-state index >= 15 is 4.39 Å². The summed E-state index contributed by atoms with van der Waals surface area (Å²) < 4.78 is 58.2. The van der Waals surface area contributed by atoms with Gasteiger partial charge in [0.25, 0.3) is 5.91 Å². The van der Waals surface area contributed by atoms with Crippen molar-refractivity contribution in [1.82, 2.24) is 39.4 Å². The molecule has 1 amide bonds. The molecule has 3 heterocycles. The first-order valence-electron chi connectivity index (χ1n) is 11.7. The van der Waals surface area contributed by atoms with Crippen LogP contribution in [0, 0.1) is 5.82 Å². The van der Waals surface area contributed by atoms with Crippen LogP contribution in [0.25, 0.3) is 22.8 Å². The number of nitrogens with zero attached hydrogens (tertiary/aromatic N) is 6. The predicted octanol–water partition coefficient (Wildman–Crippen LogP) is 3.61. The van der Waals surface area contributed by atoms with Crippen LogP contribution in [0.4, 0.5) is 23.2 Å². The molecule has 206 valence electrons. The summed E-state index contributed by atoms with van der Waals surface area (Å²) in [7, 11) is 3.72. The second-order valence-electron chi connectivity index (χ2n) is 8.97. The Labute approximate surface area is 223 Å². The molecule has 0 unspecified atom stereocenters. The van der Waals surface area contributed by atoms with E-state index in [1.54, 1.807) is 29.1 Å². The lowest BCUT2D eigenvalue weighted by Gasteiger charge is -2.14. The first kappa shape index (κ1) is 26.6. The Morgan fingerprint density at radius 3 is 2.58 bits per heavy atom. The van der Waals surface area contributed by atoms with Crippen molar-refractivity contribution in [3.05, 3.63) is 94.4 Å². The van der Waals surface area contributed by atoms with Gasteiger partial charge in [0.05, 0.1) is 17.9 Å². The molecule has 0 saturated heterocycles. The van der Waals surface area contributed by atoms with Crippen LogP contribution in [0.15, 0.2) is 65.7 Å². The van der Waals surface area contributed by atoms with Gasteiger partial charge in [0.1, 0.15) is 17.3 Å². The normalized spacial score (nSPS) is 11.8. The molecule has 40 heavy (non-hydrogen) atoms. The number of aromatic amines is 2. The summed E-state index contributed by atoms with van der Waals surface area (Å²) in [5.74, 6) is -1.04. The van der Waals surface area contributed by atoms with E-state index in [0.717, 1.165) is 4.68 Å². The molecule has 0 bridgehead atoms. The topological polar surface area (TPSA) is 130 Å². The molecule has 15 heteroatoms. The van der Waals surface area contributed by atoms with Crippen molar-refractivity contribution >= 4 is 11.6 Å². The number of hydrogen-bond acceptors (Lipinski definition) is 6. The number of aromatic nitrogens is 7. The number of imidazole rings is 1. The summed E-state index contributed by atoms with van der Waals surface area (Å²) in [4.78, 5) is 33.2. The van der Waals surface area contributed by atoms with Crippen molar-refractivity contribution in [3.63, 3.8) is 0 Å². The minimum absolute atomic E-state index is 0.0753. The van der Waals surface area contributed by atoms with E-state index in [-0.39, 0.29) is 17.2 Å². The average molecular weight is 555 g/mol. The summed E-state index contributed by atoms with van der Waals surface area (Å²) in [6.45, 7) is 0.496. The number of H-pyrrole nitrogens is 2. The van der Waals surface area contributed by atoms with Crippen molar-refractivity contribution in [2.75, 3.05) is 19.4 Å². The number of benzene rings is 2. The largest absolute Gasteiger partial charge is 0.435 e. The molecular weight excluding hydrogens is 534 g/mol. The molecule has 0 saturated carbocycles. The maximum Gasteiger partial charge on any atom is 0.435 e. The number of alkyl halides is 3. The van der Waals surface area contributed by atoms with Crippen LogP contribution in [0.1, 0.15) is 22.0 Å². The van der Waals surface area contributed by atoms with Crippen molar-refractivity contribution < 1.29 is 22.4 Å². The third kappa shape index (κ3) is 5.40. The second kappa shape index (κ2) is 10.3. The average Bonchev–Trinajstić information content (AvgIpc) is 3.64. The van der Waals surface area contributed by atoms with E-state index < -0.39 is 35.0 Å². The SMILES string of the molecule is CN(C)Cc1nccn1-c1ccc(NC(=O)c2cc(C(F)(F)F)nn2-c2cccc(-c3n[nH]c(=O)[nH]3)c2)c(F)c1. The van der Waals surface area contributed by atoms with Gasteiger partial charge in [0, 0.05) is 35.8 Å². The molecule has 0 aliphatic rings. The van der Waals surface area contributed by atoms with Gasteiger partial charge >= 0.3 is 11.9 Å². The van der Waals surface area contributed by atoms with Crippen LogP contribution in [0.3, 0.4) is 0 Å². The molecule has 0 aliphatic carbocycles. The van der Waals surface area contributed by atoms with Crippen LogP contribution in [0.5, 0.6) is 0 Å². The standard InChI is InChI=1S/C25H21F4N9O2/c1-36(2)13-21-30-8-9-37(21)15-6-7-18(17(26)11-15)31-23(39)19-12-20(25(27,28)29)35-38(19)16-5-3-4-14(10-16)22-32-24(40)34-33-22/h3-12H,13H2,1-2H3,(H,31,39)(H2,32,33,34,40). The zero-order valence-electron chi connectivity index (χ0n) is 21.0.